The summed E-state index contributed by atoms with van der Waals surface area (Å²) in [5.41, 5.74) is 0.466. The van der Waals surface area contributed by atoms with Gasteiger partial charge in [-0.05, 0) is 18.2 Å². The maximum atomic E-state index is 13.0. The first-order chi connectivity index (χ1) is 15.4. The molecule has 0 aliphatic carbocycles. The van der Waals surface area contributed by atoms with Gasteiger partial charge in [-0.25, -0.2) is 14.6 Å². The molecule has 33 heavy (non-hydrogen) atoms. The molecule has 0 aliphatic heterocycles. The summed E-state index contributed by atoms with van der Waals surface area (Å²) in [6, 6.07) is 0.945. The molecular weight excluding hydrogens is 460 g/mol. The number of aromatic nitrogens is 5. The summed E-state index contributed by atoms with van der Waals surface area (Å²) in [5, 5.41) is 3.74. The lowest BCUT2D eigenvalue weighted by atomic mass is 10.0. The van der Waals surface area contributed by atoms with Crippen LogP contribution in [0.1, 0.15) is 21.6 Å². The Morgan fingerprint density at radius 2 is 1.58 bits per heavy atom. The van der Waals surface area contributed by atoms with Crippen molar-refractivity contribution < 1.29 is 35.9 Å². The van der Waals surface area contributed by atoms with Gasteiger partial charge in [0, 0.05) is 30.2 Å². The topological polar surface area (TPSA) is 115 Å². The zero-order chi connectivity index (χ0) is 24.2. The first-order valence-corrected chi connectivity index (χ1v) is 8.69. The maximum absolute atomic E-state index is 13.0. The van der Waals surface area contributed by atoms with Crippen LogP contribution < -0.4 is 10.9 Å². The van der Waals surface area contributed by atoms with Crippen LogP contribution in [0.4, 0.5) is 26.3 Å². The first kappa shape index (κ1) is 23.4. The molecule has 15 heteroatoms. The number of nitrogens with one attached hydrogen (secondary N) is 2. The molecule has 0 fully saturated rings. The molecule has 0 bridgehead atoms. The number of nitrogens with zero attached hydrogens (tertiary/aromatic N) is 5. The molecule has 0 spiro atoms. The number of halogens is 6. The molecule has 0 radical (unpaired) electrons. The molecule has 3 rings (SSSR count). The van der Waals surface area contributed by atoms with Gasteiger partial charge in [0.2, 0.25) is 0 Å². The van der Waals surface area contributed by atoms with Crippen molar-refractivity contribution in [1.82, 2.24) is 35.6 Å². The quantitative estimate of drug-likeness (QED) is 0.344. The molecule has 0 atom stereocenters. The minimum atomic E-state index is -5.02. The molecule has 0 saturated carbocycles. The Morgan fingerprint density at radius 3 is 2.15 bits per heavy atom. The highest BCUT2D eigenvalue weighted by atomic mass is 19.4. The summed E-state index contributed by atoms with van der Waals surface area (Å²) in [7, 11) is 0. The standard InChI is InChI=1S/C18H11F6N7O2/c19-17(20,21)11-5-10(6-12(7-11)18(22,23)24)15-27-9-31(30-15)4-1-14(32)28-29-16(33)13-8-25-2-3-26-13/h1-9H,(H,28,32)(H,29,33). The summed E-state index contributed by atoms with van der Waals surface area (Å²) < 4.78 is 78.9. The summed E-state index contributed by atoms with van der Waals surface area (Å²) >= 11 is 0. The Hall–Kier alpha value is -4.30. The van der Waals surface area contributed by atoms with E-state index in [2.05, 4.69) is 25.5 Å². The number of carbonyl (C=O) groups is 2. The van der Waals surface area contributed by atoms with Gasteiger partial charge in [-0.1, -0.05) is 0 Å². The van der Waals surface area contributed by atoms with Gasteiger partial charge < -0.3 is 0 Å². The minimum absolute atomic E-state index is 0.0138. The molecule has 0 aliphatic rings. The lowest BCUT2D eigenvalue weighted by molar-refractivity contribution is -0.143. The summed E-state index contributed by atoms with van der Waals surface area (Å²) in [5.74, 6) is -2.02. The van der Waals surface area contributed by atoms with Gasteiger partial charge in [0.05, 0.1) is 17.3 Å². The van der Waals surface area contributed by atoms with E-state index in [9.17, 15) is 35.9 Å². The largest absolute Gasteiger partial charge is 0.416 e. The van der Waals surface area contributed by atoms with Crippen molar-refractivity contribution in [2.24, 2.45) is 0 Å². The monoisotopic (exact) mass is 471 g/mol. The predicted molar refractivity (Wildman–Crippen MR) is 98.4 cm³/mol. The van der Waals surface area contributed by atoms with Crippen molar-refractivity contribution in [3.8, 4) is 11.4 Å². The van der Waals surface area contributed by atoms with Crippen LogP contribution in [0, 0.1) is 0 Å². The highest BCUT2D eigenvalue weighted by molar-refractivity contribution is 5.96. The number of hydrogen-bond donors (Lipinski definition) is 2. The van der Waals surface area contributed by atoms with Crippen molar-refractivity contribution in [2.45, 2.75) is 12.4 Å². The minimum Gasteiger partial charge on any atom is -0.268 e. The van der Waals surface area contributed by atoms with Gasteiger partial charge in [0.15, 0.2) is 5.82 Å². The number of hydrazine groups is 1. The highest BCUT2D eigenvalue weighted by Crippen LogP contribution is 2.38. The van der Waals surface area contributed by atoms with Crippen molar-refractivity contribution in [3.63, 3.8) is 0 Å². The van der Waals surface area contributed by atoms with E-state index in [1.807, 2.05) is 5.43 Å². The van der Waals surface area contributed by atoms with Crippen molar-refractivity contribution >= 4 is 18.0 Å². The summed E-state index contributed by atoms with van der Waals surface area (Å²) in [6.45, 7) is 0. The number of carbonyl (C=O) groups excluding carboxylic acids is 2. The molecule has 0 unspecified atom stereocenters. The fraction of sp³-hybridized carbons (Fsp3) is 0.111. The van der Waals surface area contributed by atoms with E-state index in [1.54, 1.807) is 0 Å². The fourth-order valence-corrected chi connectivity index (χ4v) is 2.35. The normalized spacial score (nSPS) is 12.1. The average Bonchev–Trinajstić information content (AvgIpc) is 3.24. The number of rotatable bonds is 4. The fourth-order valence-electron chi connectivity index (χ4n) is 2.35. The third-order valence-electron chi connectivity index (χ3n) is 3.83. The van der Waals surface area contributed by atoms with Gasteiger partial charge >= 0.3 is 12.4 Å². The van der Waals surface area contributed by atoms with Gasteiger partial charge in [-0.3, -0.25) is 25.4 Å². The van der Waals surface area contributed by atoms with Crippen LogP contribution in [0.15, 0.2) is 49.2 Å². The Kier molecular flexibility index (Phi) is 6.41. The lowest BCUT2D eigenvalue weighted by Gasteiger charge is -2.13. The molecule has 1 aromatic carbocycles. The van der Waals surface area contributed by atoms with E-state index in [4.69, 9.17) is 0 Å². The molecule has 0 saturated heterocycles. The van der Waals surface area contributed by atoms with Crippen LogP contribution in [0.5, 0.6) is 0 Å². The summed E-state index contributed by atoms with van der Waals surface area (Å²) in [4.78, 5) is 34.6. The maximum Gasteiger partial charge on any atom is 0.416 e. The lowest BCUT2D eigenvalue weighted by Crippen LogP contribution is -2.41. The van der Waals surface area contributed by atoms with Crippen LogP contribution in [0.25, 0.3) is 17.6 Å². The van der Waals surface area contributed by atoms with Gasteiger partial charge in [-0.15, -0.1) is 5.10 Å². The van der Waals surface area contributed by atoms with E-state index in [0.29, 0.717) is 12.1 Å². The smallest absolute Gasteiger partial charge is 0.268 e. The van der Waals surface area contributed by atoms with Crippen LogP contribution >= 0.6 is 0 Å². The van der Waals surface area contributed by atoms with Gasteiger partial charge in [0.25, 0.3) is 11.8 Å². The molecule has 2 amide bonds. The average molecular weight is 471 g/mol. The van der Waals surface area contributed by atoms with Gasteiger partial charge in [-0.2, -0.15) is 26.3 Å². The number of benzene rings is 1. The van der Waals surface area contributed by atoms with Crippen molar-refractivity contribution in [3.05, 3.63) is 66.0 Å². The van der Waals surface area contributed by atoms with Crippen molar-refractivity contribution in [1.29, 1.82) is 0 Å². The second-order valence-corrected chi connectivity index (χ2v) is 6.19. The second-order valence-electron chi connectivity index (χ2n) is 6.19. The Balaban J connectivity index is 1.72. The predicted octanol–water partition coefficient (Wildman–Crippen LogP) is 2.70. The van der Waals surface area contributed by atoms with E-state index < -0.39 is 46.7 Å². The zero-order valence-electron chi connectivity index (χ0n) is 16.0. The number of alkyl halides is 6. The van der Waals surface area contributed by atoms with Crippen LogP contribution in [0.3, 0.4) is 0 Å². The Labute approximate surface area is 180 Å². The zero-order valence-corrected chi connectivity index (χ0v) is 16.0. The van der Waals surface area contributed by atoms with Crippen LogP contribution in [0.2, 0.25) is 0 Å². The molecule has 9 nitrogen and oxygen atoms in total. The third kappa shape index (κ3) is 6.11. The van der Waals surface area contributed by atoms with E-state index >= 15 is 0 Å². The molecule has 2 heterocycles. The van der Waals surface area contributed by atoms with Crippen molar-refractivity contribution in [2.75, 3.05) is 0 Å². The molecular formula is C18H11F6N7O2. The third-order valence-corrected chi connectivity index (χ3v) is 3.83. The van der Waals surface area contributed by atoms with E-state index in [0.717, 1.165) is 29.5 Å². The van der Waals surface area contributed by atoms with Crippen LogP contribution in [-0.2, 0) is 17.1 Å². The molecule has 2 aromatic heterocycles. The Bertz CT molecular complexity index is 1160. The number of hydrogen-bond acceptors (Lipinski definition) is 6. The molecule has 2 N–H and O–H groups in total. The SMILES string of the molecule is O=C(C=Cn1cnc(-c2cc(C(F)(F)F)cc(C(F)(F)F)c2)n1)NNC(=O)c1cnccn1. The number of amides is 2. The first-order valence-electron chi connectivity index (χ1n) is 8.69. The van der Waals surface area contributed by atoms with E-state index in [1.165, 1.54) is 12.4 Å². The second kappa shape index (κ2) is 9.05. The van der Waals surface area contributed by atoms with Gasteiger partial charge in [0.1, 0.15) is 12.0 Å². The van der Waals surface area contributed by atoms with E-state index in [-0.39, 0.29) is 11.8 Å². The highest BCUT2D eigenvalue weighted by Gasteiger charge is 2.37. The Morgan fingerprint density at radius 1 is 0.909 bits per heavy atom. The molecule has 172 valence electrons. The van der Waals surface area contributed by atoms with Crippen LogP contribution in [-0.4, -0.2) is 36.5 Å². The molecule has 3 aromatic rings. The summed E-state index contributed by atoms with van der Waals surface area (Å²) in [6.07, 6.45) is -3.42.